The van der Waals surface area contributed by atoms with Gasteiger partial charge in [0.2, 0.25) is 0 Å². The van der Waals surface area contributed by atoms with Crippen LogP contribution in [-0.2, 0) is 0 Å². The number of nitrogens with zero attached hydrogens (tertiary/aromatic N) is 1. The lowest BCUT2D eigenvalue weighted by Gasteiger charge is -1.90. The monoisotopic (exact) mass is 198 g/mol. The van der Waals surface area contributed by atoms with E-state index in [4.69, 9.17) is 5.11 Å². The molecule has 2 aromatic heterocycles. The minimum absolute atomic E-state index is 0.0151. The third-order valence-corrected chi connectivity index (χ3v) is 1.75. The van der Waals surface area contributed by atoms with Gasteiger partial charge in [0.25, 0.3) is 5.95 Å². The first-order chi connectivity index (χ1) is 6.58. The van der Waals surface area contributed by atoms with Crippen LogP contribution in [0.5, 0.6) is 0 Å². The molecule has 2 rings (SSSR count). The Bertz CT molecular complexity index is 482. The minimum Gasteiger partial charge on any atom is -0.477 e. The topological polar surface area (TPSA) is 66.0 Å². The summed E-state index contributed by atoms with van der Waals surface area (Å²) >= 11 is 0. The van der Waals surface area contributed by atoms with Crippen LogP contribution in [0.25, 0.3) is 11.0 Å². The van der Waals surface area contributed by atoms with E-state index in [1.807, 2.05) is 0 Å². The van der Waals surface area contributed by atoms with Crippen LogP contribution in [0.3, 0.4) is 0 Å². The lowest BCUT2D eigenvalue weighted by molar-refractivity contribution is 0.0691. The number of H-pyrrole nitrogens is 1. The van der Waals surface area contributed by atoms with Crippen LogP contribution >= 0.6 is 0 Å². The molecule has 0 atom stereocenters. The summed E-state index contributed by atoms with van der Waals surface area (Å²) < 4.78 is 25.3. The number of hydrogen-bond donors (Lipinski definition) is 2. The van der Waals surface area contributed by atoms with Gasteiger partial charge in [-0.15, -0.1) is 0 Å². The van der Waals surface area contributed by atoms with E-state index in [1.165, 1.54) is 6.07 Å². The highest BCUT2D eigenvalue weighted by Gasteiger charge is 2.11. The normalized spacial score (nSPS) is 10.7. The quantitative estimate of drug-likeness (QED) is 0.683. The molecule has 0 bridgehead atoms. The smallest absolute Gasteiger partial charge is 0.352 e. The second-order valence-corrected chi connectivity index (χ2v) is 2.69. The van der Waals surface area contributed by atoms with Crippen LogP contribution < -0.4 is 0 Å². The number of pyridine rings is 1. The maximum Gasteiger partial charge on any atom is 0.352 e. The molecule has 0 amide bonds. The van der Waals surface area contributed by atoms with Gasteiger partial charge in [-0.3, -0.25) is 0 Å². The zero-order chi connectivity index (χ0) is 10.3. The molecule has 2 heterocycles. The van der Waals surface area contributed by atoms with E-state index in [0.29, 0.717) is 0 Å². The van der Waals surface area contributed by atoms with Crippen LogP contribution in [0.1, 0.15) is 10.5 Å². The highest BCUT2D eigenvalue weighted by Crippen LogP contribution is 2.16. The molecule has 0 unspecified atom stereocenters. The van der Waals surface area contributed by atoms with Crippen molar-refractivity contribution < 1.29 is 18.7 Å². The van der Waals surface area contributed by atoms with E-state index in [2.05, 4.69) is 9.97 Å². The second kappa shape index (κ2) is 2.76. The molecule has 0 aliphatic carbocycles. The van der Waals surface area contributed by atoms with Gasteiger partial charge in [-0.05, 0) is 12.1 Å². The van der Waals surface area contributed by atoms with Crippen molar-refractivity contribution in [3.8, 4) is 0 Å². The van der Waals surface area contributed by atoms with Gasteiger partial charge in [-0.2, -0.15) is 9.37 Å². The zero-order valence-corrected chi connectivity index (χ0v) is 6.71. The lowest BCUT2D eigenvalue weighted by Crippen LogP contribution is -1.95. The first kappa shape index (κ1) is 8.61. The van der Waals surface area contributed by atoms with Crippen LogP contribution in [0.4, 0.5) is 8.78 Å². The van der Waals surface area contributed by atoms with Gasteiger partial charge >= 0.3 is 5.97 Å². The molecular weight excluding hydrogens is 194 g/mol. The van der Waals surface area contributed by atoms with Crippen molar-refractivity contribution in [2.45, 2.75) is 0 Å². The molecule has 2 N–H and O–H groups in total. The fourth-order valence-corrected chi connectivity index (χ4v) is 1.13. The molecule has 0 saturated heterocycles. The third-order valence-electron chi connectivity index (χ3n) is 1.75. The van der Waals surface area contributed by atoms with Gasteiger partial charge < -0.3 is 10.1 Å². The second-order valence-electron chi connectivity index (χ2n) is 2.69. The number of carboxylic acid groups (broad SMARTS) is 1. The molecule has 14 heavy (non-hydrogen) atoms. The van der Waals surface area contributed by atoms with Crippen molar-refractivity contribution in [3.63, 3.8) is 0 Å². The predicted octanol–water partition coefficient (Wildman–Crippen LogP) is 1.54. The van der Waals surface area contributed by atoms with Gasteiger partial charge in [0, 0.05) is 5.39 Å². The summed E-state index contributed by atoms with van der Waals surface area (Å²) in [5.41, 5.74) is -0.140. The minimum atomic E-state index is -1.25. The standard InChI is InChI=1S/C8H4F2N2O2/c9-4-1-3-2-5(8(13)14)11-7(3)12-6(4)10/h1-2H,(H,11,12)(H,13,14). The van der Waals surface area contributed by atoms with Crippen LogP contribution in [0, 0.1) is 11.8 Å². The van der Waals surface area contributed by atoms with E-state index in [9.17, 15) is 13.6 Å². The molecule has 0 aliphatic rings. The molecule has 0 fully saturated rings. The predicted molar refractivity (Wildman–Crippen MR) is 43.0 cm³/mol. The maximum atomic E-state index is 12.7. The molecule has 6 heteroatoms. The molecule has 0 spiro atoms. The molecular formula is C8H4F2N2O2. The van der Waals surface area contributed by atoms with Gasteiger partial charge in [0.15, 0.2) is 5.82 Å². The van der Waals surface area contributed by atoms with Crippen molar-refractivity contribution in [2.75, 3.05) is 0 Å². The summed E-state index contributed by atoms with van der Waals surface area (Å²) in [6, 6.07) is 2.08. The number of halogens is 2. The molecule has 0 radical (unpaired) electrons. The van der Waals surface area contributed by atoms with Crippen molar-refractivity contribution >= 4 is 17.0 Å². The third kappa shape index (κ3) is 1.20. The van der Waals surface area contributed by atoms with Gasteiger partial charge in [-0.1, -0.05) is 0 Å². The summed E-state index contributed by atoms with van der Waals surface area (Å²) in [7, 11) is 0. The molecule has 4 nitrogen and oxygen atoms in total. The average molecular weight is 198 g/mol. The van der Waals surface area contributed by atoms with E-state index < -0.39 is 17.7 Å². The van der Waals surface area contributed by atoms with E-state index in [-0.39, 0.29) is 16.7 Å². The summed E-state index contributed by atoms with van der Waals surface area (Å²) in [6.45, 7) is 0. The van der Waals surface area contributed by atoms with Gasteiger partial charge in [0.1, 0.15) is 11.3 Å². The Morgan fingerprint density at radius 3 is 2.79 bits per heavy atom. The summed E-state index contributed by atoms with van der Waals surface area (Å²) in [6.07, 6.45) is 0. The van der Waals surface area contributed by atoms with E-state index >= 15 is 0 Å². The summed E-state index contributed by atoms with van der Waals surface area (Å²) in [5.74, 6) is -3.56. The molecule has 0 aliphatic heterocycles. The highest BCUT2D eigenvalue weighted by molar-refractivity contribution is 5.92. The van der Waals surface area contributed by atoms with Gasteiger partial charge in [0.05, 0.1) is 0 Å². The number of aromatic carboxylic acids is 1. The van der Waals surface area contributed by atoms with Crippen molar-refractivity contribution in [1.82, 2.24) is 9.97 Å². The Hall–Kier alpha value is -1.98. The fraction of sp³-hybridized carbons (Fsp3) is 0. The molecule has 0 aromatic carbocycles. The van der Waals surface area contributed by atoms with Crippen LogP contribution in [0.15, 0.2) is 12.1 Å². The van der Waals surface area contributed by atoms with E-state index in [0.717, 1.165) is 6.07 Å². The van der Waals surface area contributed by atoms with Crippen molar-refractivity contribution in [1.29, 1.82) is 0 Å². The largest absolute Gasteiger partial charge is 0.477 e. The Balaban J connectivity index is 2.72. The Kier molecular flexibility index (Phi) is 1.70. The van der Waals surface area contributed by atoms with Gasteiger partial charge in [-0.25, -0.2) is 9.18 Å². The van der Waals surface area contributed by atoms with Crippen LogP contribution in [-0.4, -0.2) is 21.0 Å². The number of aromatic nitrogens is 2. The Labute approximate surface area is 76.2 Å². The molecule has 72 valence electrons. The maximum absolute atomic E-state index is 12.7. The van der Waals surface area contributed by atoms with Crippen molar-refractivity contribution in [3.05, 3.63) is 29.6 Å². The SMILES string of the molecule is O=C(O)c1cc2cc(F)c(F)nc2[nH]1. The first-order valence-electron chi connectivity index (χ1n) is 3.66. The summed E-state index contributed by atoms with van der Waals surface area (Å²) in [4.78, 5) is 16.1. The Morgan fingerprint density at radius 1 is 1.43 bits per heavy atom. The summed E-state index contributed by atoms with van der Waals surface area (Å²) in [5, 5.41) is 8.80. The number of fused-ring (bicyclic) bond motifs is 1. The number of aromatic amines is 1. The number of hydrogen-bond acceptors (Lipinski definition) is 2. The van der Waals surface area contributed by atoms with Crippen molar-refractivity contribution in [2.24, 2.45) is 0 Å². The number of rotatable bonds is 1. The fourth-order valence-electron chi connectivity index (χ4n) is 1.13. The molecule has 0 saturated carbocycles. The number of carbonyl (C=O) groups is 1. The number of carboxylic acids is 1. The highest BCUT2D eigenvalue weighted by atomic mass is 19.2. The zero-order valence-electron chi connectivity index (χ0n) is 6.71. The Morgan fingerprint density at radius 2 is 2.14 bits per heavy atom. The number of nitrogens with one attached hydrogen (secondary N) is 1. The lowest BCUT2D eigenvalue weighted by atomic mass is 10.3. The average Bonchev–Trinajstić information content (AvgIpc) is 2.48. The first-order valence-corrected chi connectivity index (χ1v) is 3.66. The molecule has 2 aromatic rings. The van der Waals surface area contributed by atoms with Crippen LogP contribution in [0.2, 0.25) is 0 Å². The van der Waals surface area contributed by atoms with E-state index in [1.54, 1.807) is 0 Å².